The number of aryl methyl sites for hydroxylation is 1. The molecule has 3 amide bonds. The Labute approximate surface area is 170 Å². The summed E-state index contributed by atoms with van der Waals surface area (Å²) in [7, 11) is 0. The SMILES string of the molecule is Cc1cc(NC(=O)C(C)SCC(=O)NC2CCN(C(=O)C(C)(C)C)CC2)no1. The molecule has 0 aliphatic carbocycles. The lowest BCUT2D eigenvalue weighted by Gasteiger charge is -2.36. The first-order valence-electron chi connectivity index (χ1n) is 9.51. The molecular weight excluding hydrogens is 380 g/mol. The molecule has 1 aromatic rings. The molecule has 1 aromatic heterocycles. The number of thioether (sulfide) groups is 1. The Morgan fingerprint density at radius 3 is 2.50 bits per heavy atom. The van der Waals surface area contributed by atoms with Gasteiger partial charge in [0.25, 0.3) is 0 Å². The zero-order chi connectivity index (χ0) is 20.9. The molecule has 8 nitrogen and oxygen atoms in total. The van der Waals surface area contributed by atoms with Crippen molar-refractivity contribution in [3.8, 4) is 0 Å². The van der Waals surface area contributed by atoms with E-state index in [0.29, 0.717) is 24.7 Å². The first kappa shape index (κ1) is 22.3. The van der Waals surface area contributed by atoms with Crippen molar-refractivity contribution in [3.63, 3.8) is 0 Å². The van der Waals surface area contributed by atoms with Gasteiger partial charge in [-0.15, -0.1) is 11.8 Å². The number of carbonyl (C=O) groups excluding carboxylic acids is 3. The van der Waals surface area contributed by atoms with Gasteiger partial charge in [-0.05, 0) is 26.7 Å². The van der Waals surface area contributed by atoms with Crippen LogP contribution in [0, 0.1) is 12.3 Å². The van der Waals surface area contributed by atoms with Crippen LogP contribution in [0.1, 0.15) is 46.3 Å². The Hall–Kier alpha value is -2.03. The number of hydrogen-bond acceptors (Lipinski definition) is 6. The highest BCUT2D eigenvalue weighted by Gasteiger charge is 2.30. The molecule has 0 bridgehead atoms. The van der Waals surface area contributed by atoms with E-state index in [1.54, 1.807) is 19.9 Å². The van der Waals surface area contributed by atoms with Gasteiger partial charge in [0.15, 0.2) is 5.82 Å². The maximum Gasteiger partial charge on any atom is 0.238 e. The summed E-state index contributed by atoms with van der Waals surface area (Å²) in [5.41, 5.74) is -0.381. The monoisotopic (exact) mass is 410 g/mol. The molecule has 28 heavy (non-hydrogen) atoms. The van der Waals surface area contributed by atoms with Crippen LogP contribution in [-0.4, -0.2) is 57.9 Å². The lowest BCUT2D eigenvalue weighted by Crippen LogP contribution is -2.49. The van der Waals surface area contributed by atoms with E-state index >= 15 is 0 Å². The topological polar surface area (TPSA) is 105 Å². The van der Waals surface area contributed by atoms with Crippen LogP contribution in [-0.2, 0) is 14.4 Å². The summed E-state index contributed by atoms with van der Waals surface area (Å²) in [5.74, 6) is 1.02. The Morgan fingerprint density at radius 2 is 1.96 bits per heavy atom. The van der Waals surface area contributed by atoms with Crippen molar-refractivity contribution in [2.24, 2.45) is 5.41 Å². The number of likely N-dealkylation sites (tertiary alicyclic amines) is 1. The van der Waals surface area contributed by atoms with Crippen molar-refractivity contribution in [3.05, 3.63) is 11.8 Å². The Morgan fingerprint density at radius 1 is 1.32 bits per heavy atom. The van der Waals surface area contributed by atoms with Crippen molar-refractivity contribution in [1.82, 2.24) is 15.4 Å². The molecule has 1 unspecified atom stereocenters. The molecular formula is C19H30N4O4S. The van der Waals surface area contributed by atoms with Gasteiger partial charge in [0.1, 0.15) is 5.76 Å². The average Bonchev–Trinajstić information content (AvgIpc) is 3.03. The number of rotatable bonds is 6. The van der Waals surface area contributed by atoms with Crippen molar-refractivity contribution < 1.29 is 18.9 Å². The van der Waals surface area contributed by atoms with E-state index in [1.807, 2.05) is 25.7 Å². The van der Waals surface area contributed by atoms with E-state index in [1.165, 1.54) is 11.8 Å². The van der Waals surface area contributed by atoms with Crippen LogP contribution >= 0.6 is 11.8 Å². The molecule has 0 radical (unpaired) electrons. The normalized spacial score (nSPS) is 16.5. The summed E-state index contributed by atoms with van der Waals surface area (Å²) in [6.45, 7) is 10.6. The van der Waals surface area contributed by atoms with E-state index in [2.05, 4.69) is 15.8 Å². The maximum atomic E-state index is 12.3. The highest BCUT2D eigenvalue weighted by molar-refractivity contribution is 8.01. The number of aromatic nitrogens is 1. The van der Waals surface area contributed by atoms with Crippen LogP contribution in [0.15, 0.2) is 10.6 Å². The summed E-state index contributed by atoms with van der Waals surface area (Å²) in [4.78, 5) is 38.5. The van der Waals surface area contributed by atoms with Gasteiger partial charge in [-0.25, -0.2) is 0 Å². The van der Waals surface area contributed by atoms with Crippen molar-refractivity contribution in [1.29, 1.82) is 0 Å². The summed E-state index contributed by atoms with van der Waals surface area (Å²) in [6, 6.07) is 1.71. The number of carbonyl (C=O) groups is 3. The minimum absolute atomic E-state index is 0.0688. The first-order valence-corrected chi connectivity index (χ1v) is 10.6. The fraction of sp³-hybridized carbons (Fsp3) is 0.684. The van der Waals surface area contributed by atoms with Gasteiger partial charge in [0, 0.05) is 30.6 Å². The van der Waals surface area contributed by atoms with E-state index < -0.39 is 5.25 Å². The third-order valence-electron chi connectivity index (χ3n) is 4.50. The summed E-state index contributed by atoms with van der Waals surface area (Å²) in [6.07, 6.45) is 1.50. The van der Waals surface area contributed by atoms with Gasteiger partial charge in [-0.3, -0.25) is 14.4 Å². The maximum absolute atomic E-state index is 12.3. The largest absolute Gasteiger partial charge is 0.360 e. The summed E-state index contributed by atoms with van der Waals surface area (Å²) in [5, 5.41) is 9.00. The van der Waals surface area contributed by atoms with E-state index in [9.17, 15) is 14.4 Å². The van der Waals surface area contributed by atoms with Crippen molar-refractivity contribution in [2.75, 3.05) is 24.2 Å². The third-order valence-corrected chi connectivity index (χ3v) is 5.64. The van der Waals surface area contributed by atoms with E-state index in [-0.39, 0.29) is 34.9 Å². The van der Waals surface area contributed by atoms with Crippen LogP contribution in [0.25, 0.3) is 0 Å². The molecule has 1 fully saturated rings. The van der Waals surface area contributed by atoms with Gasteiger partial charge < -0.3 is 20.1 Å². The number of nitrogens with one attached hydrogen (secondary N) is 2. The smallest absolute Gasteiger partial charge is 0.238 e. The number of piperidine rings is 1. The number of nitrogens with zero attached hydrogens (tertiary/aromatic N) is 2. The highest BCUT2D eigenvalue weighted by atomic mass is 32.2. The fourth-order valence-electron chi connectivity index (χ4n) is 2.90. The Bertz CT molecular complexity index is 705. The Kier molecular flexibility index (Phi) is 7.51. The van der Waals surface area contributed by atoms with Crippen LogP contribution in [0.5, 0.6) is 0 Å². The van der Waals surface area contributed by atoms with Gasteiger partial charge in [0.05, 0.1) is 11.0 Å². The molecule has 156 valence electrons. The Balaban J connectivity index is 1.68. The average molecular weight is 411 g/mol. The molecule has 9 heteroatoms. The molecule has 2 rings (SSSR count). The van der Waals surface area contributed by atoms with Gasteiger partial charge in [-0.1, -0.05) is 25.9 Å². The predicted octanol–water partition coefficient (Wildman–Crippen LogP) is 2.20. The number of hydrogen-bond donors (Lipinski definition) is 2. The summed E-state index contributed by atoms with van der Waals surface area (Å²) >= 11 is 1.27. The fourth-order valence-corrected chi connectivity index (χ4v) is 3.60. The summed E-state index contributed by atoms with van der Waals surface area (Å²) < 4.78 is 4.91. The zero-order valence-electron chi connectivity index (χ0n) is 17.2. The van der Waals surface area contributed by atoms with Crippen LogP contribution in [0.4, 0.5) is 5.82 Å². The lowest BCUT2D eigenvalue weighted by atomic mass is 9.93. The second-order valence-electron chi connectivity index (χ2n) is 8.15. The molecule has 2 heterocycles. The molecule has 0 aromatic carbocycles. The van der Waals surface area contributed by atoms with Crippen molar-refractivity contribution >= 4 is 35.3 Å². The second kappa shape index (κ2) is 9.45. The molecule has 0 saturated carbocycles. The third kappa shape index (κ3) is 6.54. The van der Waals surface area contributed by atoms with Crippen LogP contribution in [0.2, 0.25) is 0 Å². The highest BCUT2D eigenvalue weighted by Crippen LogP contribution is 2.21. The first-order chi connectivity index (χ1) is 13.1. The van der Waals surface area contributed by atoms with Crippen LogP contribution in [0.3, 0.4) is 0 Å². The van der Waals surface area contributed by atoms with E-state index in [4.69, 9.17) is 4.52 Å². The predicted molar refractivity (Wildman–Crippen MR) is 109 cm³/mol. The van der Waals surface area contributed by atoms with Gasteiger partial charge >= 0.3 is 0 Å². The van der Waals surface area contributed by atoms with Crippen LogP contribution < -0.4 is 10.6 Å². The number of amides is 3. The molecule has 2 N–H and O–H groups in total. The minimum Gasteiger partial charge on any atom is -0.360 e. The van der Waals surface area contributed by atoms with Gasteiger partial charge in [-0.2, -0.15) is 0 Å². The molecule has 1 aliphatic rings. The molecule has 1 saturated heterocycles. The standard InChI is InChI=1S/C19H30N4O4S/c1-12-10-15(22-27-12)21-17(25)13(2)28-11-16(24)20-14-6-8-23(9-7-14)18(26)19(3,4)5/h10,13-14H,6-9,11H2,1-5H3,(H,20,24)(H,21,22,25). The van der Waals surface area contributed by atoms with E-state index in [0.717, 1.165) is 12.8 Å². The zero-order valence-corrected chi connectivity index (χ0v) is 18.0. The van der Waals surface area contributed by atoms with Gasteiger partial charge in [0.2, 0.25) is 17.7 Å². The second-order valence-corrected chi connectivity index (χ2v) is 9.48. The molecule has 1 aliphatic heterocycles. The van der Waals surface area contributed by atoms with Crippen molar-refractivity contribution in [2.45, 2.75) is 58.8 Å². The minimum atomic E-state index is -0.394. The molecule has 0 spiro atoms. The lowest BCUT2D eigenvalue weighted by molar-refractivity contribution is -0.140. The number of anilines is 1. The quantitative estimate of drug-likeness (QED) is 0.745. The molecule has 1 atom stereocenters.